The van der Waals surface area contributed by atoms with Gasteiger partial charge in [-0.3, -0.25) is 0 Å². The third-order valence-corrected chi connectivity index (χ3v) is 1.85. The Hall–Kier alpha value is -1.50. The minimum Gasteiger partial charge on any atom is -0.478 e. The molecule has 0 fully saturated rings. The molecule has 0 heterocycles. The molecule has 0 aromatic carbocycles. The van der Waals surface area contributed by atoms with Crippen LogP contribution in [0.15, 0.2) is 12.2 Å². The SMILES string of the molecule is CSCC(OC(=O)C=CC(=O)O)C(=O)O. The molecule has 0 aliphatic rings. The van der Waals surface area contributed by atoms with E-state index in [0.717, 1.165) is 0 Å². The van der Waals surface area contributed by atoms with Gasteiger partial charge in [-0.05, 0) is 6.26 Å². The van der Waals surface area contributed by atoms with Gasteiger partial charge in [0.15, 0.2) is 0 Å². The highest BCUT2D eigenvalue weighted by Crippen LogP contribution is 2.03. The molecule has 0 aromatic rings. The minimum atomic E-state index is -1.30. The van der Waals surface area contributed by atoms with Crippen molar-refractivity contribution in [3.8, 4) is 0 Å². The monoisotopic (exact) mass is 234 g/mol. The number of ether oxygens (including phenoxy) is 1. The van der Waals surface area contributed by atoms with Crippen LogP contribution in [0.2, 0.25) is 0 Å². The minimum absolute atomic E-state index is 0.113. The van der Waals surface area contributed by atoms with Crippen molar-refractivity contribution < 1.29 is 29.3 Å². The molecule has 0 aliphatic heterocycles. The molecule has 0 radical (unpaired) electrons. The number of carboxylic acid groups (broad SMARTS) is 2. The second-order valence-electron chi connectivity index (χ2n) is 2.39. The molecule has 0 spiro atoms. The van der Waals surface area contributed by atoms with Crippen LogP contribution < -0.4 is 0 Å². The Bertz CT molecular complexity index is 285. The van der Waals surface area contributed by atoms with Crippen molar-refractivity contribution in [2.45, 2.75) is 6.10 Å². The number of esters is 1. The summed E-state index contributed by atoms with van der Waals surface area (Å²) in [6.45, 7) is 0. The zero-order valence-electron chi connectivity index (χ0n) is 7.87. The lowest BCUT2D eigenvalue weighted by Gasteiger charge is -2.10. The fourth-order valence-electron chi connectivity index (χ4n) is 0.626. The maximum absolute atomic E-state index is 10.9. The lowest BCUT2D eigenvalue weighted by molar-refractivity contribution is -0.158. The quantitative estimate of drug-likeness (QED) is 0.492. The first kappa shape index (κ1) is 13.5. The number of rotatable bonds is 6. The molecule has 7 heteroatoms. The van der Waals surface area contributed by atoms with E-state index in [-0.39, 0.29) is 5.75 Å². The third-order valence-electron chi connectivity index (χ3n) is 1.21. The molecular weight excluding hydrogens is 224 g/mol. The first-order valence-electron chi connectivity index (χ1n) is 3.80. The van der Waals surface area contributed by atoms with Gasteiger partial charge in [0.05, 0.1) is 0 Å². The molecule has 0 aliphatic carbocycles. The van der Waals surface area contributed by atoms with Crippen molar-refractivity contribution in [1.82, 2.24) is 0 Å². The zero-order chi connectivity index (χ0) is 11.8. The first-order chi connectivity index (χ1) is 6.97. The van der Waals surface area contributed by atoms with E-state index in [2.05, 4.69) is 4.74 Å². The summed E-state index contributed by atoms with van der Waals surface area (Å²) in [6.07, 6.45) is 1.65. The van der Waals surface area contributed by atoms with Crippen molar-refractivity contribution in [3.05, 3.63) is 12.2 Å². The summed E-state index contributed by atoms with van der Waals surface area (Å²) in [4.78, 5) is 31.5. The van der Waals surface area contributed by atoms with Gasteiger partial charge in [0.1, 0.15) is 0 Å². The van der Waals surface area contributed by atoms with E-state index in [9.17, 15) is 14.4 Å². The molecule has 0 amide bonds. The molecule has 0 saturated heterocycles. The molecule has 2 N–H and O–H groups in total. The average molecular weight is 234 g/mol. The molecule has 0 bridgehead atoms. The highest BCUT2D eigenvalue weighted by molar-refractivity contribution is 7.98. The summed E-state index contributed by atoms with van der Waals surface area (Å²) in [5.74, 6) is -3.44. The topological polar surface area (TPSA) is 101 Å². The summed E-state index contributed by atoms with van der Waals surface area (Å²) < 4.78 is 4.49. The van der Waals surface area contributed by atoms with E-state index < -0.39 is 24.0 Å². The van der Waals surface area contributed by atoms with Gasteiger partial charge in [-0.15, -0.1) is 0 Å². The number of carboxylic acids is 2. The Kier molecular flexibility index (Phi) is 6.19. The van der Waals surface area contributed by atoms with E-state index in [1.165, 1.54) is 11.8 Å². The lowest BCUT2D eigenvalue weighted by Crippen LogP contribution is -2.28. The van der Waals surface area contributed by atoms with Crippen molar-refractivity contribution in [3.63, 3.8) is 0 Å². The van der Waals surface area contributed by atoms with Gasteiger partial charge in [-0.1, -0.05) is 0 Å². The summed E-state index contributed by atoms with van der Waals surface area (Å²) in [5.41, 5.74) is 0. The molecule has 15 heavy (non-hydrogen) atoms. The Morgan fingerprint density at radius 2 is 1.93 bits per heavy atom. The fourth-order valence-corrected chi connectivity index (χ4v) is 1.14. The van der Waals surface area contributed by atoms with Gasteiger partial charge in [0, 0.05) is 17.9 Å². The Morgan fingerprint density at radius 3 is 2.33 bits per heavy atom. The van der Waals surface area contributed by atoms with Crippen LogP contribution in [-0.4, -0.2) is 46.2 Å². The zero-order valence-corrected chi connectivity index (χ0v) is 8.69. The molecule has 1 atom stereocenters. The predicted octanol–water partition coefficient (Wildman–Crippen LogP) is -0.0134. The molecule has 1 unspecified atom stereocenters. The normalized spacial score (nSPS) is 12.3. The number of thioether (sulfide) groups is 1. The highest BCUT2D eigenvalue weighted by Gasteiger charge is 2.20. The van der Waals surface area contributed by atoms with Crippen molar-refractivity contribution in [2.75, 3.05) is 12.0 Å². The van der Waals surface area contributed by atoms with Gasteiger partial charge in [-0.2, -0.15) is 11.8 Å². The summed E-state index contributed by atoms with van der Waals surface area (Å²) in [7, 11) is 0. The van der Waals surface area contributed by atoms with Crippen molar-refractivity contribution in [1.29, 1.82) is 0 Å². The van der Waals surface area contributed by atoms with Crippen molar-refractivity contribution >= 4 is 29.7 Å². The summed E-state index contributed by atoms with van der Waals surface area (Å²) in [5, 5.41) is 16.8. The van der Waals surface area contributed by atoms with Crippen LogP contribution in [0.25, 0.3) is 0 Å². The van der Waals surface area contributed by atoms with E-state index >= 15 is 0 Å². The Morgan fingerprint density at radius 1 is 1.33 bits per heavy atom. The van der Waals surface area contributed by atoms with E-state index in [1.807, 2.05) is 0 Å². The molecule has 0 saturated carbocycles. The number of carbonyl (C=O) groups excluding carboxylic acids is 1. The van der Waals surface area contributed by atoms with Crippen LogP contribution in [0.4, 0.5) is 0 Å². The first-order valence-corrected chi connectivity index (χ1v) is 5.20. The van der Waals surface area contributed by atoms with E-state index in [4.69, 9.17) is 10.2 Å². The number of hydrogen-bond acceptors (Lipinski definition) is 5. The number of carbonyl (C=O) groups is 3. The highest BCUT2D eigenvalue weighted by atomic mass is 32.2. The second kappa shape index (κ2) is 6.88. The van der Waals surface area contributed by atoms with Gasteiger partial charge in [0.2, 0.25) is 6.10 Å². The number of aliphatic carboxylic acids is 2. The van der Waals surface area contributed by atoms with Gasteiger partial charge in [0.25, 0.3) is 0 Å². The third kappa shape index (κ3) is 6.55. The standard InChI is InChI=1S/C8H10O6S/c1-15-4-5(8(12)13)14-7(11)3-2-6(9)10/h2-3,5H,4H2,1H3,(H,9,10)(H,12,13). The van der Waals surface area contributed by atoms with Crippen molar-refractivity contribution in [2.24, 2.45) is 0 Å². The molecule has 6 nitrogen and oxygen atoms in total. The fraction of sp³-hybridized carbons (Fsp3) is 0.375. The van der Waals surface area contributed by atoms with Gasteiger partial charge >= 0.3 is 17.9 Å². The Labute approximate surface area is 89.9 Å². The second-order valence-corrected chi connectivity index (χ2v) is 3.30. The number of hydrogen-bond donors (Lipinski definition) is 2. The maximum Gasteiger partial charge on any atom is 0.345 e. The van der Waals surface area contributed by atoms with Crippen LogP contribution in [0.1, 0.15) is 0 Å². The van der Waals surface area contributed by atoms with Crippen LogP contribution in [0.3, 0.4) is 0 Å². The van der Waals surface area contributed by atoms with Crippen LogP contribution in [0.5, 0.6) is 0 Å². The maximum atomic E-state index is 10.9. The van der Waals surface area contributed by atoms with Gasteiger partial charge in [-0.25, -0.2) is 14.4 Å². The molecule has 0 aromatic heterocycles. The van der Waals surface area contributed by atoms with E-state index in [0.29, 0.717) is 12.2 Å². The average Bonchev–Trinajstić information content (AvgIpc) is 2.14. The van der Waals surface area contributed by atoms with Crippen LogP contribution >= 0.6 is 11.8 Å². The van der Waals surface area contributed by atoms with Crippen LogP contribution in [0, 0.1) is 0 Å². The van der Waals surface area contributed by atoms with Crippen LogP contribution in [-0.2, 0) is 19.1 Å². The molecule has 84 valence electrons. The summed E-state index contributed by atoms with van der Waals surface area (Å²) >= 11 is 1.21. The van der Waals surface area contributed by atoms with Gasteiger partial charge < -0.3 is 14.9 Å². The predicted molar refractivity (Wildman–Crippen MR) is 52.7 cm³/mol. The Balaban J connectivity index is 4.23. The molecular formula is C8H10O6S. The smallest absolute Gasteiger partial charge is 0.345 e. The lowest BCUT2D eigenvalue weighted by atomic mass is 10.4. The largest absolute Gasteiger partial charge is 0.478 e. The summed E-state index contributed by atoms with van der Waals surface area (Å²) in [6, 6.07) is 0. The van der Waals surface area contributed by atoms with E-state index in [1.54, 1.807) is 6.26 Å². The molecule has 0 rings (SSSR count).